The average molecular weight is 325 g/mol. The lowest BCUT2D eigenvalue weighted by atomic mass is 9.79. The molecule has 1 aliphatic heterocycles. The molecule has 0 atom stereocenters. The molecule has 1 heterocycles. The monoisotopic (exact) mass is 325 g/mol. The van der Waals surface area contributed by atoms with Gasteiger partial charge in [0.05, 0.1) is 26.7 Å². The van der Waals surface area contributed by atoms with Gasteiger partial charge in [-0.1, -0.05) is 6.07 Å². The van der Waals surface area contributed by atoms with Crippen LogP contribution < -0.4 is 0 Å². The highest BCUT2D eigenvalue weighted by molar-refractivity contribution is 7.85. The van der Waals surface area contributed by atoms with Crippen LogP contribution in [0.2, 0.25) is 0 Å². The Morgan fingerprint density at radius 1 is 1.36 bits per heavy atom. The zero-order valence-corrected chi connectivity index (χ0v) is 13.6. The third-order valence-corrected chi connectivity index (χ3v) is 5.06. The van der Waals surface area contributed by atoms with E-state index in [0.717, 1.165) is 17.0 Å². The van der Waals surface area contributed by atoms with Gasteiger partial charge in [-0.15, -0.1) is 0 Å². The summed E-state index contributed by atoms with van der Waals surface area (Å²) in [6.07, 6.45) is 0.204. The minimum atomic E-state index is -4.24. The van der Waals surface area contributed by atoms with Crippen molar-refractivity contribution in [2.24, 2.45) is 0 Å². The lowest BCUT2D eigenvalue weighted by Gasteiger charge is -2.16. The number of carbonyl (C=O) groups is 1. The lowest BCUT2D eigenvalue weighted by Crippen LogP contribution is -2.28. The minimum Gasteiger partial charge on any atom is -0.748 e. The standard InChI is InChI=1S/C15H19NO5S/c1-10-15(2,3)13-11(14(17)18)6-4-7-12(13)16(10)8-5-9-22(19,20)21/h4,6-7H,5,8-9H2,1-3H3,(H-,17,18,19,20,21). The minimum absolute atomic E-state index is 0.204. The largest absolute Gasteiger partial charge is 0.748 e. The number of nitrogens with zero attached hydrogens (tertiary/aromatic N) is 1. The van der Waals surface area contributed by atoms with Gasteiger partial charge >= 0.3 is 5.97 Å². The van der Waals surface area contributed by atoms with Crippen LogP contribution >= 0.6 is 0 Å². The van der Waals surface area contributed by atoms with Crippen LogP contribution in [0.1, 0.15) is 43.1 Å². The normalized spacial score (nSPS) is 16.7. The van der Waals surface area contributed by atoms with Crippen molar-refractivity contribution in [3.8, 4) is 0 Å². The van der Waals surface area contributed by atoms with Gasteiger partial charge in [0, 0.05) is 25.2 Å². The van der Waals surface area contributed by atoms with Crippen LogP contribution in [-0.4, -0.2) is 46.6 Å². The molecular weight excluding hydrogens is 306 g/mol. The van der Waals surface area contributed by atoms with Crippen LogP contribution in [0.4, 0.5) is 5.69 Å². The fourth-order valence-corrected chi connectivity index (χ4v) is 3.47. The predicted molar refractivity (Wildman–Crippen MR) is 81.1 cm³/mol. The van der Waals surface area contributed by atoms with E-state index >= 15 is 0 Å². The van der Waals surface area contributed by atoms with E-state index in [0.29, 0.717) is 6.54 Å². The Labute approximate surface area is 129 Å². The van der Waals surface area contributed by atoms with Crippen LogP contribution in [0.15, 0.2) is 18.2 Å². The van der Waals surface area contributed by atoms with Crippen LogP contribution in [0.25, 0.3) is 0 Å². The summed E-state index contributed by atoms with van der Waals surface area (Å²) in [5, 5.41) is 9.39. The second-order valence-corrected chi connectivity index (χ2v) is 7.51. The molecule has 2 rings (SSSR count). The molecule has 0 saturated heterocycles. The third kappa shape index (κ3) is 2.91. The lowest BCUT2D eigenvalue weighted by molar-refractivity contribution is -0.438. The molecule has 120 valence electrons. The Morgan fingerprint density at radius 3 is 2.55 bits per heavy atom. The first kappa shape index (κ1) is 16.6. The predicted octanol–water partition coefficient (Wildman–Crippen LogP) is 1.72. The first-order valence-electron chi connectivity index (χ1n) is 6.97. The van der Waals surface area contributed by atoms with E-state index in [1.807, 2.05) is 31.4 Å². The van der Waals surface area contributed by atoms with E-state index in [1.165, 1.54) is 0 Å². The SMILES string of the molecule is CC1=[N+](CCCS(=O)(=O)[O-])c2cccc(C(=O)O)c2C1(C)C. The molecule has 1 N–H and O–H groups in total. The zero-order valence-electron chi connectivity index (χ0n) is 12.8. The molecule has 0 unspecified atom stereocenters. The molecule has 1 aromatic rings. The Bertz CT molecular complexity index is 762. The molecular formula is C15H19NO5S. The van der Waals surface area contributed by atoms with Crippen LogP contribution in [-0.2, 0) is 15.5 Å². The van der Waals surface area contributed by atoms with E-state index in [-0.39, 0.29) is 12.0 Å². The number of hydrogen-bond donors (Lipinski definition) is 1. The van der Waals surface area contributed by atoms with Gasteiger partial charge in [0.1, 0.15) is 6.54 Å². The fourth-order valence-electron chi connectivity index (χ4n) is 2.99. The maximum atomic E-state index is 11.5. The Balaban J connectivity index is 2.44. The molecule has 1 aliphatic rings. The van der Waals surface area contributed by atoms with E-state index in [4.69, 9.17) is 0 Å². The van der Waals surface area contributed by atoms with E-state index in [1.54, 1.807) is 12.1 Å². The number of fused-ring (bicyclic) bond motifs is 1. The third-order valence-electron chi connectivity index (χ3n) is 4.27. The molecule has 0 aromatic heterocycles. The van der Waals surface area contributed by atoms with Gasteiger partial charge in [0.2, 0.25) is 5.69 Å². The average Bonchev–Trinajstić information content (AvgIpc) is 2.58. The molecule has 6 nitrogen and oxygen atoms in total. The van der Waals surface area contributed by atoms with E-state index < -0.39 is 27.3 Å². The summed E-state index contributed by atoms with van der Waals surface area (Å²) in [6.45, 7) is 6.15. The summed E-state index contributed by atoms with van der Waals surface area (Å²) in [4.78, 5) is 11.5. The second-order valence-electron chi connectivity index (χ2n) is 5.98. The van der Waals surface area contributed by atoms with Crippen molar-refractivity contribution in [1.29, 1.82) is 0 Å². The van der Waals surface area contributed by atoms with Gasteiger partial charge in [-0.3, -0.25) is 0 Å². The highest BCUT2D eigenvalue weighted by Gasteiger charge is 2.45. The van der Waals surface area contributed by atoms with Gasteiger partial charge in [0.15, 0.2) is 5.71 Å². The van der Waals surface area contributed by atoms with Crippen molar-refractivity contribution >= 4 is 27.5 Å². The quantitative estimate of drug-likeness (QED) is 0.656. The molecule has 0 spiro atoms. The second kappa shape index (κ2) is 5.48. The van der Waals surface area contributed by atoms with Gasteiger partial charge in [-0.05, 0) is 19.9 Å². The number of benzene rings is 1. The van der Waals surface area contributed by atoms with Gasteiger partial charge < -0.3 is 9.66 Å². The van der Waals surface area contributed by atoms with Crippen molar-refractivity contribution in [3.63, 3.8) is 0 Å². The van der Waals surface area contributed by atoms with Crippen molar-refractivity contribution in [3.05, 3.63) is 29.3 Å². The molecule has 0 saturated carbocycles. The van der Waals surface area contributed by atoms with Crippen molar-refractivity contribution in [2.75, 3.05) is 12.3 Å². The molecule has 7 heteroatoms. The Kier molecular flexibility index (Phi) is 4.14. The van der Waals surface area contributed by atoms with Crippen LogP contribution in [0.3, 0.4) is 0 Å². The number of aromatic carboxylic acids is 1. The first-order valence-corrected chi connectivity index (χ1v) is 8.55. The molecule has 0 aliphatic carbocycles. The smallest absolute Gasteiger partial charge is 0.336 e. The van der Waals surface area contributed by atoms with Gasteiger partial charge in [-0.25, -0.2) is 13.2 Å². The van der Waals surface area contributed by atoms with E-state index in [9.17, 15) is 22.9 Å². The fraction of sp³-hybridized carbons (Fsp3) is 0.467. The summed E-state index contributed by atoms with van der Waals surface area (Å²) in [5.41, 5.74) is 2.23. The van der Waals surface area contributed by atoms with Crippen molar-refractivity contribution in [2.45, 2.75) is 32.6 Å². The number of hydrogen-bond acceptors (Lipinski definition) is 4. The number of rotatable bonds is 5. The molecule has 0 bridgehead atoms. The topological polar surface area (TPSA) is 97.5 Å². The van der Waals surface area contributed by atoms with Crippen LogP contribution in [0.5, 0.6) is 0 Å². The van der Waals surface area contributed by atoms with Gasteiger partial charge in [-0.2, -0.15) is 4.58 Å². The maximum Gasteiger partial charge on any atom is 0.336 e. The summed E-state index contributed by atoms with van der Waals surface area (Å²) in [5.74, 6) is -1.41. The molecule has 0 fully saturated rings. The highest BCUT2D eigenvalue weighted by atomic mass is 32.2. The molecule has 1 aromatic carbocycles. The highest BCUT2D eigenvalue weighted by Crippen LogP contribution is 2.41. The number of carboxylic acids is 1. The van der Waals surface area contributed by atoms with Crippen molar-refractivity contribution < 1.29 is 27.4 Å². The molecule has 0 amide bonds. The van der Waals surface area contributed by atoms with Gasteiger partial charge in [0.25, 0.3) is 0 Å². The molecule has 22 heavy (non-hydrogen) atoms. The zero-order chi connectivity index (χ0) is 16.7. The summed E-state index contributed by atoms with van der Waals surface area (Å²) >= 11 is 0. The summed E-state index contributed by atoms with van der Waals surface area (Å²) in [6, 6.07) is 5.07. The Hall–Kier alpha value is -1.73. The summed E-state index contributed by atoms with van der Waals surface area (Å²) < 4.78 is 34.1. The summed E-state index contributed by atoms with van der Waals surface area (Å²) in [7, 11) is -4.24. The van der Waals surface area contributed by atoms with Crippen molar-refractivity contribution in [1.82, 2.24) is 0 Å². The van der Waals surface area contributed by atoms with Crippen LogP contribution in [0, 0.1) is 0 Å². The first-order chi connectivity index (χ1) is 10.1. The van der Waals surface area contributed by atoms with E-state index in [2.05, 4.69) is 0 Å². The maximum absolute atomic E-state index is 11.5. The Morgan fingerprint density at radius 2 is 2.00 bits per heavy atom. The molecule has 0 radical (unpaired) electrons. The number of carboxylic acid groups (broad SMARTS) is 1.